The highest BCUT2D eigenvalue weighted by atomic mass is 19.1. The molecule has 4 aromatic rings. The predicted octanol–water partition coefficient (Wildman–Crippen LogP) is 6.93. The van der Waals surface area contributed by atoms with Crippen LogP contribution in [0.5, 0.6) is 5.75 Å². The summed E-state index contributed by atoms with van der Waals surface area (Å²) in [6.45, 7) is 14.6. The van der Waals surface area contributed by atoms with Gasteiger partial charge in [-0.3, -0.25) is 4.79 Å². The number of carbonyl (C=O) groups excluding carboxylic acids is 1. The number of halogens is 1. The van der Waals surface area contributed by atoms with Crippen LogP contribution in [0.25, 0.3) is 0 Å². The maximum Gasteiger partial charge on any atom is 0.494 e. The lowest BCUT2D eigenvalue weighted by molar-refractivity contribution is -0.0188. The summed E-state index contributed by atoms with van der Waals surface area (Å²) in [6, 6.07) is 25.7. The van der Waals surface area contributed by atoms with Crippen LogP contribution in [0, 0.1) is 5.82 Å². The van der Waals surface area contributed by atoms with Crippen molar-refractivity contribution in [3.8, 4) is 5.75 Å². The van der Waals surface area contributed by atoms with Crippen molar-refractivity contribution in [2.45, 2.75) is 96.9 Å². The van der Waals surface area contributed by atoms with E-state index >= 15 is 4.39 Å². The summed E-state index contributed by atoms with van der Waals surface area (Å²) in [5.41, 5.74) is 1.36. The van der Waals surface area contributed by atoms with E-state index in [1.165, 1.54) is 6.07 Å². The van der Waals surface area contributed by atoms with Gasteiger partial charge in [0.1, 0.15) is 11.6 Å². The van der Waals surface area contributed by atoms with E-state index in [1.807, 2.05) is 84.9 Å². The summed E-state index contributed by atoms with van der Waals surface area (Å²) in [5.74, 6) is -1.15. The Bertz CT molecular complexity index is 2010. The number of nitrogens with one attached hydrogen (secondary N) is 1. The zero-order valence-electron chi connectivity index (χ0n) is 32.4. The van der Waals surface area contributed by atoms with Gasteiger partial charge in [0.2, 0.25) is 0 Å². The van der Waals surface area contributed by atoms with Crippen molar-refractivity contribution in [3.63, 3.8) is 0 Å². The molecular formula is C42H48B2FNO9. The van der Waals surface area contributed by atoms with Crippen LogP contribution in [-0.2, 0) is 36.6 Å². The van der Waals surface area contributed by atoms with Gasteiger partial charge in [-0.25, -0.2) is 9.18 Å². The normalized spacial score (nSPS) is 19.7. The molecule has 1 unspecified atom stereocenters. The number of carbonyl (C=O) groups is 2. The van der Waals surface area contributed by atoms with Crippen molar-refractivity contribution in [2.75, 3.05) is 11.9 Å². The molecule has 2 N–H and O–H groups in total. The summed E-state index contributed by atoms with van der Waals surface area (Å²) in [6.07, 6.45) is 1.38. The molecule has 2 heterocycles. The maximum absolute atomic E-state index is 15.0. The number of carboxylic acid groups (broad SMARTS) is 1. The number of benzene rings is 4. The first-order valence-corrected chi connectivity index (χ1v) is 18.5. The Morgan fingerprint density at radius 3 is 1.96 bits per heavy atom. The molecule has 0 saturated carbocycles. The minimum absolute atomic E-state index is 0.0567. The highest BCUT2D eigenvalue weighted by molar-refractivity contribution is 6.62. The minimum atomic E-state index is -1.000. The third kappa shape index (κ3) is 9.14. The fourth-order valence-corrected chi connectivity index (χ4v) is 6.42. The van der Waals surface area contributed by atoms with Gasteiger partial charge in [0.25, 0.3) is 5.91 Å². The van der Waals surface area contributed by atoms with Crippen molar-refractivity contribution >= 4 is 42.7 Å². The molecule has 6 rings (SSSR count). The molecule has 2 aliphatic heterocycles. The number of aromatic carboxylic acids is 1. The maximum atomic E-state index is 15.0. The first-order chi connectivity index (χ1) is 26.0. The Kier molecular flexibility index (Phi) is 11.6. The minimum Gasteiger partial charge on any atom is -0.494 e. The molecule has 0 bridgehead atoms. The molecular weight excluding hydrogens is 703 g/mol. The van der Waals surface area contributed by atoms with Gasteiger partial charge in [-0.05, 0) is 126 Å². The van der Waals surface area contributed by atoms with Gasteiger partial charge in [0.05, 0.1) is 47.8 Å². The van der Waals surface area contributed by atoms with E-state index in [0.29, 0.717) is 47.5 Å². The third-order valence-electron chi connectivity index (χ3n) is 10.9. The Morgan fingerprint density at radius 2 is 1.33 bits per heavy atom. The van der Waals surface area contributed by atoms with Crippen LogP contribution in [0.4, 0.5) is 10.1 Å². The molecule has 0 aromatic heterocycles. The second kappa shape index (κ2) is 15.9. The Labute approximate surface area is 322 Å². The van der Waals surface area contributed by atoms with E-state index in [9.17, 15) is 14.7 Å². The number of ether oxygens (including phenoxy) is 2. The standard InChI is InChI=1S/C42H48B2FNO9/c1-39(2)40(3,4)53-43(52-39)32-13-8-11-29(23-32)37(47)46-34-18-17-31(36(45)25-34)27-50-26-28-15-19-35(20-16-28)51-22-10-21-42(7)41(5,6)54-44(55-42)33-14-9-12-30(24-33)38(48)49/h8-9,11-20,23-25H,10,21-22,26-27H2,1-7H3,(H,46,47)(H,48,49). The van der Waals surface area contributed by atoms with Crippen molar-refractivity contribution in [3.05, 3.63) is 119 Å². The van der Waals surface area contributed by atoms with E-state index in [1.54, 1.807) is 48.5 Å². The monoisotopic (exact) mass is 751 g/mol. The first-order valence-electron chi connectivity index (χ1n) is 18.5. The number of rotatable bonds is 14. The van der Waals surface area contributed by atoms with Crippen molar-refractivity contribution in [1.29, 1.82) is 0 Å². The molecule has 2 aliphatic rings. The summed E-state index contributed by atoms with van der Waals surface area (Å²) in [4.78, 5) is 24.5. The van der Waals surface area contributed by atoms with Gasteiger partial charge in [-0.15, -0.1) is 0 Å². The SMILES string of the molecule is CC1(C)OB(c2cccc(C(=O)Nc3ccc(COCc4ccc(OCCCC5(C)OB(c6cccc(C(=O)O)c6)OC5(C)C)cc4)c(F)c3)c2)OC1(C)C. The average molecular weight is 751 g/mol. The lowest BCUT2D eigenvalue weighted by Gasteiger charge is -2.36. The molecule has 0 radical (unpaired) electrons. The number of hydrogen-bond acceptors (Lipinski definition) is 8. The van der Waals surface area contributed by atoms with Crippen LogP contribution in [0.1, 0.15) is 93.2 Å². The third-order valence-corrected chi connectivity index (χ3v) is 10.9. The Balaban J connectivity index is 0.933. The van der Waals surface area contributed by atoms with Crippen LogP contribution < -0.4 is 21.0 Å². The summed E-state index contributed by atoms with van der Waals surface area (Å²) in [5, 5.41) is 12.1. The fourth-order valence-electron chi connectivity index (χ4n) is 6.42. The lowest BCUT2D eigenvalue weighted by Crippen LogP contribution is -2.45. The lowest BCUT2D eigenvalue weighted by atomic mass is 9.78. The number of anilines is 1. The van der Waals surface area contributed by atoms with E-state index in [0.717, 1.165) is 11.0 Å². The zero-order valence-corrected chi connectivity index (χ0v) is 32.4. The van der Waals surface area contributed by atoms with E-state index in [-0.39, 0.29) is 24.7 Å². The predicted molar refractivity (Wildman–Crippen MR) is 210 cm³/mol. The van der Waals surface area contributed by atoms with Gasteiger partial charge in [-0.1, -0.05) is 42.5 Å². The summed E-state index contributed by atoms with van der Waals surface area (Å²) in [7, 11) is -1.26. The van der Waals surface area contributed by atoms with E-state index in [2.05, 4.69) is 5.32 Å². The molecule has 13 heteroatoms. The second-order valence-corrected chi connectivity index (χ2v) is 15.8. The van der Waals surface area contributed by atoms with Gasteiger partial charge in [0, 0.05) is 16.8 Å². The molecule has 2 saturated heterocycles. The van der Waals surface area contributed by atoms with Crippen molar-refractivity contribution in [1.82, 2.24) is 0 Å². The summed E-state index contributed by atoms with van der Waals surface area (Å²) >= 11 is 0. The van der Waals surface area contributed by atoms with E-state index in [4.69, 9.17) is 28.1 Å². The van der Waals surface area contributed by atoms with E-state index < -0.39 is 48.4 Å². The largest absolute Gasteiger partial charge is 0.494 e. The van der Waals surface area contributed by atoms with Crippen LogP contribution >= 0.6 is 0 Å². The van der Waals surface area contributed by atoms with Crippen LogP contribution in [0.3, 0.4) is 0 Å². The fraction of sp³-hybridized carbons (Fsp3) is 0.381. The Morgan fingerprint density at radius 1 is 0.727 bits per heavy atom. The van der Waals surface area contributed by atoms with Crippen LogP contribution in [0.15, 0.2) is 91.0 Å². The average Bonchev–Trinajstić information content (AvgIpc) is 3.52. The highest BCUT2D eigenvalue weighted by Gasteiger charge is 2.54. The highest BCUT2D eigenvalue weighted by Crippen LogP contribution is 2.40. The molecule has 2 fully saturated rings. The van der Waals surface area contributed by atoms with Crippen molar-refractivity contribution in [2.24, 2.45) is 0 Å². The topological polar surface area (TPSA) is 122 Å². The van der Waals surface area contributed by atoms with Gasteiger partial charge < -0.3 is 38.5 Å². The van der Waals surface area contributed by atoms with Gasteiger partial charge in [-0.2, -0.15) is 0 Å². The molecule has 1 atom stereocenters. The summed E-state index contributed by atoms with van der Waals surface area (Å²) < 4.78 is 51.7. The molecule has 0 spiro atoms. The quantitative estimate of drug-likeness (QED) is 0.104. The number of hydrogen-bond donors (Lipinski definition) is 2. The van der Waals surface area contributed by atoms with Crippen molar-refractivity contribution < 1.29 is 47.2 Å². The smallest absolute Gasteiger partial charge is 0.494 e. The molecule has 10 nitrogen and oxygen atoms in total. The molecule has 1 amide bonds. The zero-order chi connectivity index (χ0) is 39.6. The number of carboxylic acids is 1. The molecule has 288 valence electrons. The van der Waals surface area contributed by atoms with Gasteiger partial charge >= 0.3 is 20.2 Å². The number of amides is 1. The molecule has 0 aliphatic carbocycles. The molecule has 55 heavy (non-hydrogen) atoms. The first kappa shape index (κ1) is 40.2. The molecule has 4 aromatic carbocycles. The van der Waals surface area contributed by atoms with Crippen LogP contribution in [-0.4, -0.2) is 60.2 Å². The van der Waals surface area contributed by atoms with Crippen LogP contribution in [0.2, 0.25) is 0 Å². The second-order valence-electron chi connectivity index (χ2n) is 15.8. The van der Waals surface area contributed by atoms with Gasteiger partial charge in [0.15, 0.2) is 0 Å². The Hall–Kier alpha value is -4.52.